The van der Waals surface area contributed by atoms with Crippen molar-refractivity contribution in [2.75, 3.05) is 25.5 Å². The first kappa shape index (κ1) is 22.4. The summed E-state index contributed by atoms with van der Waals surface area (Å²) < 4.78 is 0. The fourth-order valence-electron chi connectivity index (χ4n) is 0.812. The molecule has 0 amide bonds. The maximum absolute atomic E-state index is 6.81. The molecule has 1 N–H and O–H groups in total. The smallest absolute Gasteiger partial charge is 0.0627 e. The molecule has 0 heterocycles. The Kier molecular flexibility index (Phi) is 15.7. The van der Waals surface area contributed by atoms with Crippen molar-refractivity contribution in [3.8, 4) is 0 Å². The van der Waals surface area contributed by atoms with Gasteiger partial charge < -0.3 is 24.2 Å². The van der Waals surface area contributed by atoms with Crippen molar-refractivity contribution in [1.82, 2.24) is 4.90 Å². The second-order valence-electron chi connectivity index (χ2n) is 3.54. The molecule has 1 rings (SSSR count). The van der Waals surface area contributed by atoms with E-state index in [9.17, 15) is 0 Å². The first-order valence-corrected chi connectivity index (χ1v) is 5.13. The summed E-state index contributed by atoms with van der Waals surface area (Å²) in [6.07, 6.45) is 0. The molecule has 0 bridgehead atoms. The van der Waals surface area contributed by atoms with Crippen molar-refractivity contribution in [2.24, 2.45) is 0 Å². The molecule has 3 nitrogen and oxygen atoms in total. The quantitative estimate of drug-likeness (QED) is 0.455. The van der Waals surface area contributed by atoms with Crippen LogP contribution in [0.5, 0.6) is 0 Å². The van der Waals surface area contributed by atoms with Crippen molar-refractivity contribution in [3.05, 3.63) is 51.7 Å². The Morgan fingerprint density at radius 3 is 1.89 bits per heavy atom. The van der Waals surface area contributed by atoms with Gasteiger partial charge in [-0.05, 0) is 26.1 Å². The molecule has 0 spiro atoms. The normalized spacial score (nSPS) is 7.83. The van der Waals surface area contributed by atoms with Crippen LogP contribution in [-0.4, -0.2) is 31.4 Å². The van der Waals surface area contributed by atoms with Gasteiger partial charge in [0, 0.05) is 33.8 Å². The molecular formula is C14H24N3W-3. The van der Waals surface area contributed by atoms with Crippen LogP contribution in [0, 0.1) is 26.8 Å². The molecular weight excluding hydrogens is 394 g/mol. The van der Waals surface area contributed by atoms with Crippen LogP contribution >= 0.6 is 0 Å². The number of amidine groups is 1. The maximum atomic E-state index is 6.81. The standard InChI is InChI=1S/C9H12N.C4H9N2.CH3.W/c1-3-10(2)9-7-5-4-6-8-9;1-4(5)6(2)3;;/h4-8H,1,3H2,2H3;5H,2H2,1,3H3;1H3;/q3*-1;. The summed E-state index contributed by atoms with van der Waals surface area (Å²) in [5.41, 5.74) is 1.22. The fourth-order valence-corrected chi connectivity index (χ4v) is 0.812. The Balaban J connectivity index is -0.000000250. The van der Waals surface area contributed by atoms with Gasteiger partial charge >= 0.3 is 0 Å². The summed E-state index contributed by atoms with van der Waals surface area (Å²) in [5.74, 6) is 0.481. The third-order valence-corrected chi connectivity index (χ3v) is 2.10. The van der Waals surface area contributed by atoms with Gasteiger partial charge in [-0.1, -0.05) is 18.2 Å². The van der Waals surface area contributed by atoms with Crippen LogP contribution in [0.2, 0.25) is 0 Å². The minimum absolute atomic E-state index is 0. The third kappa shape index (κ3) is 10.3. The summed E-state index contributed by atoms with van der Waals surface area (Å²) in [7, 11) is 7.22. The van der Waals surface area contributed by atoms with E-state index in [2.05, 4.69) is 31.0 Å². The first-order chi connectivity index (χ1) is 7.49. The summed E-state index contributed by atoms with van der Waals surface area (Å²) in [5, 5.41) is 6.81. The molecule has 0 atom stereocenters. The van der Waals surface area contributed by atoms with Crippen molar-refractivity contribution in [1.29, 1.82) is 5.41 Å². The molecule has 0 saturated carbocycles. The van der Waals surface area contributed by atoms with Crippen LogP contribution in [0.25, 0.3) is 0 Å². The van der Waals surface area contributed by atoms with Gasteiger partial charge in [0.05, 0.1) is 5.84 Å². The van der Waals surface area contributed by atoms with E-state index in [0.29, 0.717) is 5.84 Å². The van der Waals surface area contributed by atoms with E-state index in [1.54, 1.807) is 14.0 Å². The number of rotatable bonds is 2. The minimum Gasteiger partial charge on any atom is -0.517 e. The van der Waals surface area contributed by atoms with Crippen LogP contribution in [-0.2, 0) is 21.1 Å². The van der Waals surface area contributed by atoms with Crippen LogP contribution in [0.4, 0.5) is 5.69 Å². The van der Waals surface area contributed by atoms with E-state index in [1.165, 1.54) is 10.6 Å². The number of para-hydroxylation sites is 1. The number of hydrogen-bond acceptors (Lipinski definition) is 2. The first-order valence-electron chi connectivity index (χ1n) is 5.13. The molecule has 0 saturated heterocycles. The molecule has 0 unspecified atom stereocenters. The van der Waals surface area contributed by atoms with Crippen molar-refractivity contribution < 1.29 is 21.1 Å². The molecule has 0 aliphatic rings. The molecule has 0 aliphatic carbocycles. The van der Waals surface area contributed by atoms with Crippen LogP contribution < -0.4 is 4.90 Å². The zero-order chi connectivity index (χ0) is 12.6. The Morgan fingerprint density at radius 2 is 1.61 bits per heavy atom. The van der Waals surface area contributed by atoms with Gasteiger partial charge in [0.1, 0.15) is 0 Å². The Morgan fingerprint density at radius 1 is 1.22 bits per heavy atom. The summed E-state index contributed by atoms with van der Waals surface area (Å²) in [4.78, 5) is 3.60. The summed E-state index contributed by atoms with van der Waals surface area (Å²) in [6, 6.07) is 10.2. The second-order valence-corrected chi connectivity index (χ2v) is 3.54. The zero-order valence-electron chi connectivity index (χ0n) is 11.8. The van der Waals surface area contributed by atoms with Gasteiger partial charge in [0.15, 0.2) is 0 Å². The van der Waals surface area contributed by atoms with Gasteiger partial charge in [-0.25, -0.2) is 0 Å². The van der Waals surface area contributed by atoms with Crippen LogP contribution in [0.1, 0.15) is 6.92 Å². The van der Waals surface area contributed by atoms with Crippen LogP contribution in [0.15, 0.2) is 30.3 Å². The average molecular weight is 418 g/mol. The van der Waals surface area contributed by atoms with Crippen LogP contribution in [0.3, 0.4) is 0 Å². The van der Waals surface area contributed by atoms with Crippen molar-refractivity contribution in [2.45, 2.75) is 6.92 Å². The molecule has 4 heteroatoms. The number of anilines is 1. The number of nitrogens with one attached hydrogen (secondary N) is 1. The maximum Gasteiger partial charge on any atom is 0.0627 e. The SMILES string of the molecule is [CH2-]CN(C)c1ccccc1.[CH2-]N(C)C(C)=N.[CH3-].[W]. The van der Waals surface area contributed by atoms with Crippen molar-refractivity contribution >= 4 is 11.5 Å². The molecule has 18 heavy (non-hydrogen) atoms. The molecule has 0 fully saturated rings. The Bertz CT molecular complexity index is 299. The van der Waals surface area contributed by atoms with E-state index < -0.39 is 0 Å². The van der Waals surface area contributed by atoms with E-state index in [1.807, 2.05) is 25.2 Å². The molecule has 1 aromatic rings. The molecule has 0 aliphatic heterocycles. The minimum atomic E-state index is 0. The van der Waals surface area contributed by atoms with Gasteiger partial charge in [0.25, 0.3) is 0 Å². The van der Waals surface area contributed by atoms with E-state index in [-0.39, 0.29) is 28.5 Å². The summed E-state index contributed by atoms with van der Waals surface area (Å²) in [6.45, 7) is 6.28. The van der Waals surface area contributed by atoms with E-state index in [0.717, 1.165) is 6.54 Å². The fraction of sp³-hybridized carbons (Fsp3) is 0.286. The topological polar surface area (TPSA) is 30.3 Å². The molecule has 1 aromatic carbocycles. The van der Waals surface area contributed by atoms with Crippen molar-refractivity contribution in [3.63, 3.8) is 0 Å². The Labute approximate surface area is 127 Å². The van der Waals surface area contributed by atoms with Gasteiger partial charge in [-0.15, -0.1) is 6.54 Å². The van der Waals surface area contributed by atoms with Gasteiger partial charge in [0.2, 0.25) is 0 Å². The zero-order valence-corrected chi connectivity index (χ0v) is 14.7. The predicted octanol–water partition coefficient (Wildman–Crippen LogP) is 3.11. The Hall–Kier alpha value is -0.822. The molecule has 0 aromatic heterocycles. The largest absolute Gasteiger partial charge is 0.517 e. The molecule has 104 valence electrons. The predicted molar refractivity (Wildman–Crippen MR) is 78.0 cm³/mol. The van der Waals surface area contributed by atoms with Gasteiger partial charge in [-0.3, -0.25) is 12.5 Å². The third-order valence-electron chi connectivity index (χ3n) is 2.10. The number of hydrogen-bond donors (Lipinski definition) is 1. The van der Waals surface area contributed by atoms with Gasteiger partial charge in [-0.2, -0.15) is 0 Å². The average Bonchev–Trinajstić information content (AvgIpc) is 2.30. The molecule has 0 radical (unpaired) electrons. The van der Waals surface area contributed by atoms with E-state index in [4.69, 9.17) is 5.41 Å². The number of nitrogens with zero attached hydrogens (tertiary/aromatic N) is 2. The second kappa shape index (κ2) is 12.6. The number of benzene rings is 1. The monoisotopic (exact) mass is 418 g/mol. The summed E-state index contributed by atoms with van der Waals surface area (Å²) >= 11 is 0. The van der Waals surface area contributed by atoms with E-state index >= 15 is 0 Å².